The first-order valence-electron chi connectivity index (χ1n) is 9.54. The predicted molar refractivity (Wildman–Crippen MR) is 115 cm³/mol. The summed E-state index contributed by atoms with van der Waals surface area (Å²) >= 11 is 0. The van der Waals surface area contributed by atoms with E-state index in [1.807, 2.05) is 30.4 Å². The highest BCUT2D eigenvalue weighted by Gasteiger charge is 2.22. The van der Waals surface area contributed by atoms with E-state index in [1.165, 1.54) is 32.3 Å². The third kappa shape index (κ3) is 2.12. The van der Waals surface area contributed by atoms with Crippen LogP contribution in [0.1, 0.15) is 5.56 Å². The Balaban J connectivity index is 1.38. The molecule has 0 bridgehead atoms. The van der Waals surface area contributed by atoms with Crippen molar-refractivity contribution in [2.24, 2.45) is 0 Å². The van der Waals surface area contributed by atoms with Crippen LogP contribution in [0.3, 0.4) is 0 Å². The van der Waals surface area contributed by atoms with E-state index in [0.717, 1.165) is 22.3 Å². The number of allylic oxidation sites excluding steroid dienone is 6. The lowest BCUT2D eigenvalue weighted by molar-refractivity contribution is -0.117. The number of carbonyl (C=O) groups excluding carboxylic acids is 1. The van der Waals surface area contributed by atoms with Gasteiger partial charge in [-0.2, -0.15) is 0 Å². The molecule has 2 nitrogen and oxygen atoms in total. The lowest BCUT2D eigenvalue weighted by atomic mass is 9.92. The highest BCUT2D eigenvalue weighted by atomic mass is 16.1. The van der Waals surface area contributed by atoms with Crippen molar-refractivity contribution in [3.05, 3.63) is 107 Å². The standard InChI is InChI=1S/C26H17NO/c28-26(23-14-11-16-3-2-6-21(16)23)27-15-20-10-9-19-8-7-17-4-1-5-18-12-13-22(20)25(19)24(17)18/h1-14H,15H2,(H,27,28). The number of amides is 1. The van der Waals surface area contributed by atoms with Crippen LogP contribution < -0.4 is 5.32 Å². The Morgan fingerprint density at radius 3 is 2.39 bits per heavy atom. The molecule has 0 aromatic heterocycles. The minimum atomic E-state index is -0.0214. The second kappa shape index (κ2) is 5.67. The van der Waals surface area contributed by atoms with Gasteiger partial charge in [0.25, 0.3) is 5.91 Å². The minimum absolute atomic E-state index is 0.0214. The van der Waals surface area contributed by atoms with Crippen molar-refractivity contribution in [1.29, 1.82) is 0 Å². The Hall–Kier alpha value is -3.65. The van der Waals surface area contributed by atoms with Crippen LogP contribution in [0.25, 0.3) is 32.3 Å². The average Bonchev–Trinajstić information content (AvgIpc) is 3.34. The van der Waals surface area contributed by atoms with Crippen LogP contribution in [-0.4, -0.2) is 5.91 Å². The maximum atomic E-state index is 12.7. The first-order valence-corrected chi connectivity index (χ1v) is 9.54. The van der Waals surface area contributed by atoms with Crippen molar-refractivity contribution in [2.45, 2.75) is 6.54 Å². The number of carbonyl (C=O) groups is 1. The van der Waals surface area contributed by atoms with E-state index < -0.39 is 0 Å². The van der Waals surface area contributed by atoms with Crippen molar-refractivity contribution in [3.8, 4) is 0 Å². The Morgan fingerprint density at radius 2 is 1.54 bits per heavy atom. The van der Waals surface area contributed by atoms with Crippen molar-refractivity contribution >= 4 is 38.2 Å². The van der Waals surface area contributed by atoms with Gasteiger partial charge in [-0.05, 0) is 55.1 Å². The summed E-state index contributed by atoms with van der Waals surface area (Å²) in [6.45, 7) is 0.514. The molecule has 28 heavy (non-hydrogen) atoms. The van der Waals surface area contributed by atoms with Crippen molar-refractivity contribution < 1.29 is 4.79 Å². The lowest BCUT2D eigenvalue weighted by Crippen LogP contribution is -2.24. The zero-order chi connectivity index (χ0) is 18.7. The summed E-state index contributed by atoms with van der Waals surface area (Å²) in [5.74, 6) is -0.0214. The Kier molecular flexibility index (Phi) is 3.12. The fourth-order valence-electron chi connectivity index (χ4n) is 4.51. The van der Waals surface area contributed by atoms with E-state index in [-0.39, 0.29) is 5.91 Å². The second-order valence-corrected chi connectivity index (χ2v) is 7.41. The van der Waals surface area contributed by atoms with Crippen molar-refractivity contribution in [1.82, 2.24) is 5.32 Å². The lowest BCUT2D eigenvalue weighted by Gasteiger charge is -2.14. The predicted octanol–water partition coefficient (Wildman–Crippen LogP) is 5.56. The molecule has 2 heteroatoms. The zero-order valence-electron chi connectivity index (χ0n) is 15.2. The van der Waals surface area contributed by atoms with Gasteiger partial charge in [-0.15, -0.1) is 0 Å². The third-order valence-corrected chi connectivity index (χ3v) is 5.87. The van der Waals surface area contributed by atoms with E-state index in [2.05, 4.69) is 59.9 Å². The molecule has 2 aliphatic rings. The van der Waals surface area contributed by atoms with Crippen LogP contribution in [0, 0.1) is 0 Å². The number of fused-ring (bicyclic) bond motifs is 1. The van der Waals surface area contributed by atoms with Gasteiger partial charge in [-0.1, -0.05) is 78.9 Å². The van der Waals surface area contributed by atoms with Gasteiger partial charge in [0, 0.05) is 12.1 Å². The van der Waals surface area contributed by atoms with Gasteiger partial charge in [0.2, 0.25) is 0 Å². The van der Waals surface area contributed by atoms with Crippen LogP contribution in [0.4, 0.5) is 0 Å². The normalized spacial score (nSPS) is 15.2. The maximum Gasteiger partial charge on any atom is 0.252 e. The fraction of sp³-hybridized carbons (Fsp3) is 0.0385. The molecular formula is C26H17NO. The molecule has 0 spiro atoms. The Labute approximate surface area is 162 Å². The number of rotatable bonds is 3. The molecule has 2 aliphatic carbocycles. The maximum absolute atomic E-state index is 12.7. The summed E-state index contributed by atoms with van der Waals surface area (Å²) in [5, 5.41) is 10.7. The van der Waals surface area contributed by atoms with Crippen LogP contribution in [0.15, 0.2) is 102 Å². The number of hydrogen-bond acceptors (Lipinski definition) is 1. The summed E-state index contributed by atoms with van der Waals surface area (Å²) in [6, 6.07) is 19.5. The van der Waals surface area contributed by atoms with E-state index in [4.69, 9.17) is 0 Å². The molecule has 0 fully saturated rings. The van der Waals surface area contributed by atoms with E-state index in [1.54, 1.807) is 0 Å². The molecule has 0 heterocycles. The van der Waals surface area contributed by atoms with Gasteiger partial charge in [0.15, 0.2) is 0 Å². The van der Waals surface area contributed by atoms with E-state index in [0.29, 0.717) is 6.54 Å². The quantitative estimate of drug-likeness (QED) is 0.477. The minimum Gasteiger partial charge on any atom is -0.348 e. The van der Waals surface area contributed by atoms with Crippen LogP contribution in [0.2, 0.25) is 0 Å². The summed E-state index contributed by atoms with van der Waals surface area (Å²) < 4.78 is 0. The fourth-order valence-corrected chi connectivity index (χ4v) is 4.51. The molecule has 0 atom stereocenters. The van der Waals surface area contributed by atoms with Crippen LogP contribution in [0.5, 0.6) is 0 Å². The summed E-state index contributed by atoms with van der Waals surface area (Å²) in [5.41, 5.74) is 4.03. The first kappa shape index (κ1) is 15.4. The van der Waals surface area contributed by atoms with E-state index >= 15 is 0 Å². The van der Waals surface area contributed by atoms with Gasteiger partial charge < -0.3 is 5.32 Å². The topological polar surface area (TPSA) is 29.1 Å². The SMILES string of the molecule is O=C(NCc1ccc2ccc3cccc4ccc1c2c34)C1=CC=C2C=CC=C21. The van der Waals surface area contributed by atoms with Gasteiger partial charge in [-0.3, -0.25) is 4.79 Å². The third-order valence-electron chi connectivity index (χ3n) is 5.87. The Morgan fingerprint density at radius 1 is 0.786 bits per heavy atom. The second-order valence-electron chi connectivity index (χ2n) is 7.41. The highest BCUT2D eigenvalue weighted by molar-refractivity contribution is 6.23. The zero-order valence-corrected chi connectivity index (χ0v) is 15.2. The molecule has 0 saturated heterocycles. The number of hydrogen-bond donors (Lipinski definition) is 1. The van der Waals surface area contributed by atoms with Gasteiger partial charge in [-0.25, -0.2) is 0 Å². The molecule has 0 radical (unpaired) electrons. The van der Waals surface area contributed by atoms with Crippen LogP contribution in [-0.2, 0) is 11.3 Å². The molecule has 1 amide bonds. The smallest absolute Gasteiger partial charge is 0.252 e. The molecular weight excluding hydrogens is 342 g/mol. The van der Waals surface area contributed by atoms with Crippen LogP contribution >= 0.6 is 0 Å². The van der Waals surface area contributed by atoms with Crippen molar-refractivity contribution in [3.63, 3.8) is 0 Å². The highest BCUT2D eigenvalue weighted by Crippen LogP contribution is 2.36. The van der Waals surface area contributed by atoms with Gasteiger partial charge in [0.1, 0.15) is 0 Å². The van der Waals surface area contributed by atoms with Gasteiger partial charge in [0.05, 0.1) is 0 Å². The molecule has 0 unspecified atom stereocenters. The molecule has 0 saturated carbocycles. The summed E-state index contributed by atoms with van der Waals surface area (Å²) in [6.07, 6.45) is 9.93. The van der Waals surface area contributed by atoms with E-state index in [9.17, 15) is 4.79 Å². The summed E-state index contributed by atoms with van der Waals surface area (Å²) in [7, 11) is 0. The van der Waals surface area contributed by atoms with Crippen molar-refractivity contribution in [2.75, 3.05) is 0 Å². The molecule has 6 rings (SSSR count). The molecule has 1 N–H and O–H groups in total. The largest absolute Gasteiger partial charge is 0.348 e. The molecule has 4 aromatic carbocycles. The average molecular weight is 359 g/mol. The Bertz CT molecular complexity index is 1400. The number of benzene rings is 4. The monoisotopic (exact) mass is 359 g/mol. The molecule has 0 aliphatic heterocycles. The molecule has 4 aromatic rings. The number of nitrogens with one attached hydrogen (secondary N) is 1. The first-order chi connectivity index (χ1) is 13.8. The van der Waals surface area contributed by atoms with Gasteiger partial charge >= 0.3 is 0 Å². The summed E-state index contributed by atoms with van der Waals surface area (Å²) in [4.78, 5) is 12.7. The molecule has 132 valence electrons.